The van der Waals surface area contributed by atoms with E-state index in [0.29, 0.717) is 10.2 Å². The third-order valence-electron chi connectivity index (χ3n) is 2.92. The molecule has 24 heavy (non-hydrogen) atoms. The van der Waals surface area contributed by atoms with E-state index in [0.717, 1.165) is 0 Å². The number of esters is 1. The maximum atomic E-state index is 14.2. The van der Waals surface area contributed by atoms with Gasteiger partial charge in [-0.3, -0.25) is 0 Å². The Morgan fingerprint density at radius 2 is 1.92 bits per heavy atom. The molecule has 0 heterocycles. The van der Waals surface area contributed by atoms with E-state index in [1.165, 1.54) is 26.4 Å². The summed E-state index contributed by atoms with van der Waals surface area (Å²) in [5.74, 6) is -0.937. The number of rotatable bonds is 5. The molecule has 8 heteroatoms. The molecule has 0 radical (unpaired) electrons. The number of halogens is 2. The zero-order valence-corrected chi connectivity index (χ0v) is 15.8. The van der Waals surface area contributed by atoms with Gasteiger partial charge in [-0.1, -0.05) is 0 Å². The number of nitrogens with one attached hydrogen (secondary N) is 1. The van der Waals surface area contributed by atoms with Gasteiger partial charge in [0.05, 0.1) is 18.7 Å². The third-order valence-corrected chi connectivity index (χ3v) is 3.54. The van der Waals surface area contributed by atoms with Gasteiger partial charge in [0.2, 0.25) is 0 Å². The molecule has 0 bridgehead atoms. The number of methoxy groups -OCH3 is 2. The minimum atomic E-state index is -1.08. The molecule has 0 aliphatic rings. The zero-order valence-electron chi connectivity index (χ0n) is 14.2. The minimum Gasteiger partial charge on any atom is -0.495 e. The number of hydrogen-bond acceptors (Lipinski definition) is 5. The van der Waals surface area contributed by atoms with Gasteiger partial charge in [-0.15, -0.1) is 0 Å². The third kappa shape index (κ3) is 5.99. The summed E-state index contributed by atoms with van der Waals surface area (Å²) in [5.41, 5.74) is -0.506. The van der Waals surface area contributed by atoms with E-state index >= 15 is 0 Å². The summed E-state index contributed by atoms with van der Waals surface area (Å²) >= 11 is 3.26. The Hall–Kier alpha value is -1.83. The van der Waals surface area contributed by atoms with Crippen molar-refractivity contribution in [3.8, 4) is 5.75 Å². The Labute approximate surface area is 148 Å². The highest BCUT2D eigenvalue weighted by atomic mass is 79.9. The van der Waals surface area contributed by atoms with Gasteiger partial charge < -0.3 is 19.5 Å². The van der Waals surface area contributed by atoms with Crippen LogP contribution in [0.15, 0.2) is 16.6 Å². The van der Waals surface area contributed by atoms with Crippen LogP contribution in [0.3, 0.4) is 0 Å². The van der Waals surface area contributed by atoms with Gasteiger partial charge in [-0.2, -0.15) is 0 Å². The molecule has 1 atom stereocenters. The molecule has 0 aromatic heterocycles. The van der Waals surface area contributed by atoms with Crippen LogP contribution in [0.5, 0.6) is 5.75 Å². The normalized spacial score (nSPS) is 12.3. The van der Waals surface area contributed by atoms with Crippen molar-refractivity contribution in [1.82, 2.24) is 5.32 Å². The van der Waals surface area contributed by atoms with Crippen molar-refractivity contribution in [2.75, 3.05) is 14.2 Å². The second-order valence-corrected chi connectivity index (χ2v) is 6.86. The molecule has 6 nitrogen and oxygen atoms in total. The quantitative estimate of drug-likeness (QED) is 0.761. The molecule has 0 aliphatic heterocycles. The number of amides is 1. The van der Waals surface area contributed by atoms with Gasteiger partial charge in [0, 0.05) is 12.5 Å². The van der Waals surface area contributed by atoms with Gasteiger partial charge in [0.1, 0.15) is 23.2 Å². The van der Waals surface area contributed by atoms with Crippen LogP contribution in [-0.4, -0.2) is 37.9 Å². The first-order valence-electron chi connectivity index (χ1n) is 7.16. The van der Waals surface area contributed by atoms with Crippen LogP contribution in [0, 0.1) is 5.82 Å². The molecule has 1 aromatic rings. The van der Waals surface area contributed by atoms with E-state index in [-0.39, 0.29) is 12.0 Å². The van der Waals surface area contributed by atoms with Crippen molar-refractivity contribution in [2.45, 2.75) is 38.8 Å². The molecule has 1 aromatic carbocycles. The van der Waals surface area contributed by atoms with Crippen LogP contribution < -0.4 is 10.1 Å². The van der Waals surface area contributed by atoms with Gasteiger partial charge >= 0.3 is 12.1 Å². The summed E-state index contributed by atoms with van der Waals surface area (Å²) in [6.45, 7) is 5.08. The maximum Gasteiger partial charge on any atom is 0.408 e. The monoisotopic (exact) mass is 405 g/mol. The van der Waals surface area contributed by atoms with E-state index in [1.54, 1.807) is 20.8 Å². The molecule has 1 amide bonds. The van der Waals surface area contributed by atoms with Crippen molar-refractivity contribution in [3.05, 3.63) is 28.0 Å². The second kappa shape index (κ2) is 8.32. The Morgan fingerprint density at radius 3 is 2.42 bits per heavy atom. The predicted molar refractivity (Wildman–Crippen MR) is 89.5 cm³/mol. The van der Waals surface area contributed by atoms with Crippen LogP contribution in [0.2, 0.25) is 0 Å². The molecule has 0 saturated carbocycles. The Bertz CT molecular complexity index is 615. The second-order valence-electron chi connectivity index (χ2n) is 6.00. The molecular weight excluding hydrogens is 385 g/mol. The van der Waals surface area contributed by atoms with Crippen LogP contribution in [-0.2, 0) is 20.7 Å². The lowest BCUT2D eigenvalue weighted by molar-refractivity contribution is -0.143. The Morgan fingerprint density at radius 1 is 1.29 bits per heavy atom. The first-order chi connectivity index (χ1) is 11.1. The minimum absolute atomic E-state index is 0.0969. The highest BCUT2D eigenvalue weighted by Crippen LogP contribution is 2.28. The zero-order chi connectivity index (χ0) is 18.5. The lowest BCUT2D eigenvalue weighted by Crippen LogP contribution is -2.45. The van der Waals surface area contributed by atoms with Crippen LogP contribution in [0.4, 0.5) is 9.18 Å². The largest absolute Gasteiger partial charge is 0.495 e. The molecule has 0 unspecified atom stereocenters. The lowest BCUT2D eigenvalue weighted by atomic mass is 10.1. The van der Waals surface area contributed by atoms with Crippen molar-refractivity contribution >= 4 is 28.0 Å². The number of carbonyl (C=O) groups is 2. The summed E-state index contributed by atoms with van der Waals surface area (Å²) in [4.78, 5) is 23.8. The van der Waals surface area contributed by atoms with Crippen LogP contribution in [0.25, 0.3) is 0 Å². The molecule has 1 N–H and O–H groups in total. The first kappa shape index (κ1) is 20.2. The highest BCUT2D eigenvalue weighted by Gasteiger charge is 2.26. The van der Waals surface area contributed by atoms with E-state index in [4.69, 9.17) is 9.47 Å². The topological polar surface area (TPSA) is 73.9 Å². The summed E-state index contributed by atoms with van der Waals surface area (Å²) in [5, 5.41) is 2.40. The number of benzene rings is 1. The fourth-order valence-electron chi connectivity index (χ4n) is 1.89. The van der Waals surface area contributed by atoms with Crippen molar-refractivity contribution < 1.29 is 28.2 Å². The average Bonchev–Trinajstić information content (AvgIpc) is 2.46. The first-order valence-corrected chi connectivity index (χ1v) is 7.96. The van der Waals surface area contributed by atoms with Crippen LogP contribution in [0.1, 0.15) is 26.3 Å². The molecule has 0 saturated heterocycles. The van der Waals surface area contributed by atoms with Gasteiger partial charge in [0.15, 0.2) is 0 Å². The number of ether oxygens (including phenoxy) is 3. The standard InChI is InChI=1S/C16H21BrFNO5/c1-16(2,3)24-15(21)19-12(14(20)23-5)7-9-6-10(17)13(22-4)8-11(9)18/h6,8,12H,7H2,1-5H3,(H,19,21)/t12-/m0/s1. The van der Waals surface area contributed by atoms with E-state index < -0.39 is 29.5 Å². The molecule has 134 valence electrons. The van der Waals surface area contributed by atoms with Crippen LogP contribution >= 0.6 is 15.9 Å². The van der Waals surface area contributed by atoms with Gasteiger partial charge in [-0.25, -0.2) is 14.0 Å². The van der Waals surface area contributed by atoms with Crippen molar-refractivity contribution in [2.24, 2.45) is 0 Å². The fraction of sp³-hybridized carbons (Fsp3) is 0.500. The Kier molecular flexibility index (Phi) is 7.01. The SMILES string of the molecule is COC(=O)[C@H](Cc1cc(Br)c(OC)cc1F)NC(=O)OC(C)(C)C. The van der Waals surface area contributed by atoms with E-state index in [9.17, 15) is 14.0 Å². The molecular formula is C16H21BrFNO5. The average molecular weight is 406 g/mol. The molecule has 0 aliphatic carbocycles. The number of alkyl carbamates (subject to hydrolysis) is 1. The summed E-state index contributed by atoms with van der Waals surface area (Å²) in [6.07, 6.45) is -0.883. The molecule has 0 fully saturated rings. The van der Waals surface area contributed by atoms with Gasteiger partial charge in [0.25, 0.3) is 0 Å². The lowest BCUT2D eigenvalue weighted by Gasteiger charge is -2.23. The maximum absolute atomic E-state index is 14.2. The molecule has 1 rings (SSSR count). The van der Waals surface area contributed by atoms with Gasteiger partial charge in [-0.05, 0) is 48.3 Å². The highest BCUT2D eigenvalue weighted by molar-refractivity contribution is 9.10. The number of hydrogen-bond donors (Lipinski definition) is 1. The Balaban J connectivity index is 2.97. The van der Waals surface area contributed by atoms with E-state index in [1.807, 2.05) is 0 Å². The summed E-state index contributed by atoms with van der Waals surface area (Å²) in [6, 6.07) is 1.60. The number of carbonyl (C=O) groups excluding carboxylic acids is 2. The molecule has 0 spiro atoms. The van der Waals surface area contributed by atoms with E-state index in [2.05, 4.69) is 26.0 Å². The predicted octanol–water partition coefficient (Wildman–Crippen LogP) is 3.21. The smallest absolute Gasteiger partial charge is 0.408 e. The summed E-state index contributed by atoms with van der Waals surface area (Å²) < 4.78 is 29.5. The summed E-state index contributed by atoms with van der Waals surface area (Å²) in [7, 11) is 2.60. The van der Waals surface area contributed by atoms with Crippen molar-refractivity contribution in [3.63, 3.8) is 0 Å². The van der Waals surface area contributed by atoms with Crippen molar-refractivity contribution in [1.29, 1.82) is 0 Å². The fourth-order valence-corrected chi connectivity index (χ4v) is 2.44.